The maximum absolute atomic E-state index is 13.5. The Hall–Kier alpha value is -1.29. The van der Waals surface area contributed by atoms with Gasteiger partial charge in [-0.25, -0.2) is 4.39 Å². The topological polar surface area (TPSA) is 44.5 Å². The molecule has 1 aromatic carbocycles. The number of hydrogen-bond acceptors (Lipinski definition) is 3. The fourth-order valence-corrected chi connectivity index (χ4v) is 1.31. The molecule has 1 aromatic rings. The van der Waals surface area contributed by atoms with Crippen LogP contribution in [0.5, 0.6) is 11.5 Å². The molecule has 0 saturated heterocycles. The molecule has 2 N–H and O–H groups in total. The fraction of sp³-hybridized carbons (Fsp3) is 0.333. The summed E-state index contributed by atoms with van der Waals surface area (Å²) < 4.78 is 23.5. The number of rotatable bonds is 1. The van der Waals surface area contributed by atoms with E-state index < -0.39 is 5.82 Å². The number of hydrogen-bond donors (Lipinski definition) is 1. The van der Waals surface area contributed by atoms with Gasteiger partial charge in [0.25, 0.3) is 0 Å². The van der Waals surface area contributed by atoms with Gasteiger partial charge in [0.2, 0.25) is 12.5 Å². The minimum absolute atomic E-state index is 0.0780. The van der Waals surface area contributed by atoms with Gasteiger partial charge in [-0.15, -0.1) is 0 Å². The Balaban J connectivity index is 2.52. The molecule has 1 heterocycles. The first-order valence-electron chi connectivity index (χ1n) is 4.03. The molecular weight excluding hydrogens is 173 g/mol. The predicted octanol–water partition coefficient (Wildman–Crippen LogP) is 1.57. The lowest BCUT2D eigenvalue weighted by atomic mass is 10.1. The number of benzene rings is 1. The predicted molar refractivity (Wildman–Crippen MR) is 45.1 cm³/mol. The Morgan fingerprint density at radius 3 is 2.92 bits per heavy atom. The summed E-state index contributed by atoms with van der Waals surface area (Å²) in [4.78, 5) is 0. The van der Waals surface area contributed by atoms with Crippen molar-refractivity contribution in [3.8, 4) is 11.5 Å². The van der Waals surface area contributed by atoms with Crippen LogP contribution in [-0.2, 0) is 0 Å². The molecule has 0 aromatic heterocycles. The molecule has 0 spiro atoms. The van der Waals surface area contributed by atoms with Crippen LogP contribution in [0.2, 0.25) is 0 Å². The zero-order chi connectivity index (χ0) is 9.42. The van der Waals surface area contributed by atoms with Gasteiger partial charge in [-0.1, -0.05) is 6.07 Å². The second kappa shape index (κ2) is 2.88. The van der Waals surface area contributed by atoms with Crippen molar-refractivity contribution in [2.45, 2.75) is 13.0 Å². The summed E-state index contributed by atoms with van der Waals surface area (Å²) in [6.07, 6.45) is 0. The van der Waals surface area contributed by atoms with Gasteiger partial charge in [0.1, 0.15) is 0 Å². The van der Waals surface area contributed by atoms with Crippen LogP contribution in [-0.4, -0.2) is 6.79 Å². The average Bonchev–Trinajstić information content (AvgIpc) is 2.52. The molecule has 13 heavy (non-hydrogen) atoms. The van der Waals surface area contributed by atoms with Crippen LogP contribution in [0.15, 0.2) is 12.1 Å². The first kappa shape index (κ1) is 8.31. The van der Waals surface area contributed by atoms with Crippen LogP contribution in [0, 0.1) is 5.82 Å². The summed E-state index contributed by atoms with van der Waals surface area (Å²) in [6, 6.07) is 2.95. The summed E-state index contributed by atoms with van der Waals surface area (Å²) in [7, 11) is 0. The molecule has 0 aliphatic carbocycles. The van der Waals surface area contributed by atoms with Crippen LogP contribution in [0.1, 0.15) is 18.5 Å². The third kappa shape index (κ3) is 1.23. The normalized spacial score (nSPS) is 15.9. The monoisotopic (exact) mass is 183 g/mol. The van der Waals surface area contributed by atoms with E-state index in [-0.39, 0.29) is 18.6 Å². The van der Waals surface area contributed by atoms with E-state index in [4.69, 9.17) is 15.2 Å². The average molecular weight is 183 g/mol. The highest BCUT2D eigenvalue weighted by atomic mass is 19.1. The van der Waals surface area contributed by atoms with Gasteiger partial charge in [-0.2, -0.15) is 0 Å². The van der Waals surface area contributed by atoms with Gasteiger partial charge in [0, 0.05) is 11.6 Å². The summed E-state index contributed by atoms with van der Waals surface area (Å²) in [5.74, 6) is 0.210. The van der Waals surface area contributed by atoms with Crippen LogP contribution in [0.4, 0.5) is 4.39 Å². The third-order valence-electron chi connectivity index (χ3n) is 2.00. The molecule has 0 bridgehead atoms. The summed E-state index contributed by atoms with van der Waals surface area (Å²) >= 11 is 0. The quantitative estimate of drug-likeness (QED) is 0.718. The van der Waals surface area contributed by atoms with E-state index >= 15 is 0 Å². The largest absolute Gasteiger partial charge is 0.453 e. The minimum Gasteiger partial charge on any atom is -0.453 e. The van der Waals surface area contributed by atoms with Crippen LogP contribution in [0.25, 0.3) is 0 Å². The number of nitrogens with two attached hydrogens (primary N) is 1. The molecule has 0 saturated carbocycles. The molecule has 1 aliphatic heterocycles. The molecule has 1 aliphatic rings. The Labute approximate surface area is 75.3 Å². The maximum Gasteiger partial charge on any atom is 0.231 e. The zero-order valence-corrected chi connectivity index (χ0v) is 7.21. The van der Waals surface area contributed by atoms with Gasteiger partial charge >= 0.3 is 0 Å². The fourth-order valence-electron chi connectivity index (χ4n) is 1.31. The van der Waals surface area contributed by atoms with Crippen molar-refractivity contribution in [2.75, 3.05) is 6.79 Å². The second-order valence-electron chi connectivity index (χ2n) is 2.99. The Kier molecular flexibility index (Phi) is 1.84. The molecular formula is C9H10FNO2. The van der Waals surface area contributed by atoms with Gasteiger partial charge in [0.15, 0.2) is 11.6 Å². The van der Waals surface area contributed by atoms with E-state index in [1.807, 2.05) is 0 Å². The summed E-state index contributed by atoms with van der Waals surface area (Å²) in [5, 5.41) is 0. The van der Waals surface area contributed by atoms with Crippen LogP contribution >= 0.6 is 0 Å². The van der Waals surface area contributed by atoms with E-state index in [1.165, 1.54) is 0 Å². The highest BCUT2D eigenvalue weighted by Crippen LogP contribution is 2.37. The lowest BCUT2D eigenvalue weighted by Gasteiger charge is -2.08. The van der Waals surface area contributed by atoms with Gasteiger partial charge in [0.05, 0.1) is 0 Å². The van der Waals surface area contributed by atoms with Gasteiger partial charge < -0.3 is 15.2 Å². The van der Waals surface area contributed by atoms with Crippen molar-refractivity contribution >= 4 is 0 Å². The highest BCUT2D eigenvalue weighted by molar-refractivity contribution is 5.46. The number of halogens is 1. The van der Waals surface area contributed by atoms with Crippen molar-refractivity contribution in [1.29, 1.82) is 0 Å². The first-order valence-corrected chi connectivity index (χ1v) is 4.03. The summed E-state index contributed by atoms with van der Waals surface area (Å²) in [6.45, 7) is 1.80. The smallest absolute Gasteiger partial charge is 0.231 e. The van der Waals surface area contributed by atoms with Gasteiger partial charge in [-0.05, 0) is 13.0 Å². The molecule has 0 amide bonds. The van der Waals surface area contributed by atoms with E-state index in [2.05, 4.69) is 0 Å². The molecule has 3 nitrogen and oxygen atoms in total. The second-order valence-corrected chi connectivity index (χ2v) is 2.99. The zero-order valence-electron chi connectivity index (χ0n) is 7.21. The van der Waals surface area contributed by atoms with Crippen molar-refractivity contribution < 1.29 is 13.9 Å². The van der Waals surface area contributed by atoms with Crippen molar-refractivity contribution in [3.63, 3.8) is 0 Å². The van der Waals surface area contributed by atoms with E-state index in [0.717, 1.165) is 0 Å². The maximum atomic E-state index is 13.5. The Bertz CT molecular complexity index is 339. The Morgan fingerprint density at radius 1 is 1.46 bits per heavy atom. The molecule has 2 rings (SSSR count). The van der Waals surface area contributed by atoms with E-state index in [0.29, 0.717) is 11.3 Å². The molecule has 0 fully saturated rings. The lowest BCUT2D eigenvalue weighted by Crippen LogP contribution is -2.07. The summed E-state index contributed by atoms with van der Waals surface area (Å²) in [5.41, 5.74) is 6.02. The molecule has 1 atom stereocenters. The van der Waals surface area contributed by atoms with Crippen LogP contribution < -0.4 is 15.2 Å². The van der Waals surface area contributed by atoms with E-state index in [9.17, 15) is 4.39 Å². The molecule has 1 unspecified atom stereocenters. The van der Waals surface area contributed by atoms with E-state index in [1.54, 1.807) is 19.1 Å². The molecule has 70 valence electrons. The highest BCUT2D eigenvalue weighted by Gasteiger charge is 2.21. The van der Waals surface area contributed by atoms with Crippen molar-refractivity contribution in [3.05, 3.63) is 23.5 Å². The molecule has 0 radical (unpaired) electrons. The third-order valence-corrected chi connectivity index (χ3v) is 2.00. The molecule has 4 heteroatoms. The van der Waals surface area contributed by atoms with Crippen LogP contribution in [0.3, 0.4) is 0 Å². The van der Waals surface area contributed by atoms with Gasteiger partial charge in [-0.3, -0.25) is 0 Å². The SMILES string of the molecule is CC(N)c1ccc2c(c1F)OCO2. The Morgan fingerprint density at radius 2 is 2.23 bits per heavy atom. The first-order chi connectivity index (χ1) is 6.20. The minimum atomic E-state index is -0.412. The number of ether oxygens (including phenoxy) is 2. The number of fused-ring (bicyclic) bond motifs is 1. The lowest BCUT2D eigenvalue weighted by molar-refractivity contribution is 0.170. The van der Waals surface area contributed by atoms with Crippen molar-refractivity contribution in [2.24, 2.45) is 5.73 Å². The van der Waals surface area contributed by atoms with Crippen molar-refractivity contribution in [1.82, 2.24) is 0 Å². The standard InChI is InChI=1S/C9H10FNO2/c1-5(11)6-2-3-7-9(8(6)10)13-4-12-7/h2-3,5H,4,11H2,1H3.